The number of rotatable bonds is 3. The molecule has 0 fully saturated rings. The van der Waals surface area contributed by atoms with Gasteiger partial charge in [0.15, 0.2) is 0 Å². The van der Waals surface area contributed by atoms with Crippen molar-refractivity contribution < 1.29 is 9.53 Å². The fourth-order valence-corrected chi connectivity index (χ4v) is 1.27. The van der Waals surface area contributed by atoms with E-state index in [-0.39, 0.29) is 12.1 Å². The maximum atomic E-state index is 10.6. The van der Waals surface area contributed by atoms with Crippen molar-refractivity contribution in [1.29, 1.82) is 0 Å². The van der Waals surface area contributed by atoms with Crippen molar-refractivity contribution in [3.05, 3.63) is 35.9 Å². The number of hydrogen-bond donors (Lipinski definition) is 0. The molecule has 0 saturated carbocycles. The van der Waals surface area contributed by atoms with Gasteiger partial charge < -0.3 is 4.74 Å². The van der Waals surface area contributed by atoms with Crippen LogP contribution in [-0.4, -0.2) is 12.1 Å². The van der Waals surface area contributed by atoms with Crippen LogP contribution < -0.4 is 0 Å². The summed E-state index contributed by atoms with van der Waals surface area (Å²) >= 11 is 0. The van der Waals surface area contributed by atoms with E-state index in [0.29, 0.717) is 0 Å². The van der Waals surface area contributed by atoms with Gasteiger partial charge in [0.2, 0.25) is 0 Å². The summed E-state index contributed by atoms with van der Waals surface area (Å²) in [5, 5.41) is 0. The number of hydrogen-bond acceptors (Lipinski definition) is 2. The first-order valence-electron chi connectivity index (χ1n) is 4.39. The Morgan fingerprint density at radius 1 is 1.38 bits per heavy atom. The van der Waals surface area contributed by atoms with E-state index in [1.54, 1.807) is 0 Å². The van der Waals surface area contributed by atoms with Crippen molar-refractivity contribution in [1.82, 2.24) is 0 Å². The average molecular weight is 178 g/mol. The smallest absolute Gasteiger partial charge is 0.302 e. The monoisotopic (exact) mass is 178 g/mol. The first-order chi connectivity index (χ1) is 6.18. The fourth-order valence-electron chi connectivity index (χ4n) is 1.27. The van der Waals surface area contributed by atoms with Gasteiger partial charge in [-0.3, -0.25) is 4.79 Å². The highest BCUT2D eigenvalue weighted by atomic mass is 16.5. The average Bonchev–Trinajstić information content (AvgIpc) is 2.04. The van der Waals surface area contributed by atoms with Gasteiger partial charge in [0.05, 0.1) is 0 Å². The summed E-state index contributed by atoms with van der Waals surface area (Å²) in [6.07, 6.45) is 0.736. The molecule has 1 atom stereocenters. The molecule has 1 aromatic rings. The molecule has 0 aliphatic carbocycles. The zero-order chi connectivity index (χ0) is 9.68. The molecule has 2 nitrogen and oxygen atoms in total. The van der Waals surface area contributed by atoms with Crippen LogP contribution in [0.15, 0.2) is 30.3 Å². The minimum absolute atomic E-state index is 0.0418. The zero-order valence-electron chi connectivity index (χ0n) is 7.99. The lowest BCUT2D eigenvalue weighted by Crippen LogP contribution is -2.14. The van der Waals surface area contributed by atoms with Crippen LogP contribution in [0.3, 0.4) is 0 Å². The van der Waals surface area contributed by atoms with Gasteiger partial charge in [-0.05, 0) is 12.5 Å². The Morgan fingerprint density at radius 3 is 2.54 bits per heavy atom. The molecule has 0 heterocycles. The third kappa shape index (κ3) is 3.74. The maximum absolute atomic E-state index is 10.6. The van der Waals surface area contributed by atoms with Crippen molar-refractivity contribution in [2.75, 3.05) is 0 Å². The highest BCUT2D eigenvalue weighted by Crippen LogP contribution is 2.05. The van der Waals surface area contributed by atoms with Gasteiger partial charge in [0, 0.05) is 13.3 Å². The molecule has 0 spiro atoms. The lowest BCUT2D eigenvalue weighted by molar-refractivity contribution is -0.145. The summed E-state index contributed by atoms with van der Waals surface area (Å²) < 4.78 is 5.02. The molecule has 0 aromatic heterocycles. The van der Waals surface area contributed by atoms with E-state index in [9.17, 15) is 4.79 Å². The highest BCUT2D eigenvalue weighted by Gasteiger charge is 2.05. The second kappa shape index (κ2) is 4.65. The van der Waals surface area contributed by atoms with Crippen molar-refractivity contribution in [3.63, 3.8) is 0 Å². The second-order valence-corrected chi connectivity index (χ2v) is 3.11. The summed E-state index contributed by atoms with van der Waals surface area (Å²) in [5.74, 6) is -0.219. The Bertz CT molecular complexity index is 267. The predicted octanol–water partition coefficient (Wildman–Crippen LogP) is 2.18. The molecule has 1 rings (SSSR count). The molecule has 0 saturated heterocycles. The van der Waals surface area contributed by atoms with Crippen molar-refractivity contribution in [3.8, 4) is 0 Å². The molecule has 13 heavy (non-hydrogen) atoms. The number of ether oxygens (including phenoxy) is 1. The van der Waals surface area contributed by atoms with Crippen LogP contribution in [0.4, 0.5) is 0 Å². The third-order valence-electron chi connectivity index (χ3n) is 1.73. The van der Waals surface area contributed by atoms with Crippen LogP contribution >= 0.6 is 0 Å². The third-order valence-corrected chi connectivity index (χ3v) is 1.73. The van der Waals surface area contributed by atoms with E-state index in [4.69, 9.17) is 4.74 Å². The summed E-state index contributed by atoms with van der Waals surface area (Å²) in [6, 6.07) is 9.99. The zero-order valence-corrected chi connectivity index (χ0v) is 7.99. The Labute approximate surface area is 78.5 Å². The van der Waals surface area contributed by atoms with E-state index >= 15 is 0 Å². The van der Waals surface area contributed by atoms with Crippen LogP contribution in [0, 0.1) is 0 Å². The molecule has 2 heteroatoms. The van der Waals surface area contributed by atoms with E-state index in [1.165, 1.54) is 12.5 Å². The molecule has 0 amide bonds. The second-order valence-electron chi connectivity index (χ2n) is 3.11. The first kappa shape index (κ1) is 9.78. The van der Waals surface area contributed by atoms with Crippen LogP contribution in [-0.2, 0) is 16.0 Å². The van der Waals surface area contributed by atoms with Gasteiger partial charge >= 0.3 is 5.97 Å². The Morgan fingerprint density at radius 2 is 2.00 bits per heavy atom. The summed E-state index contributed by atoms with van der Waals surface area (Å²) in [4.78, 5) is 10.6. The lowest BCUT2D eigenvalue weighted by Gasteiger charge is -2.11. The van der Waals surface area contributed by atoms with Crippen molar-refractivity contribution >= 4 is 5.97 Å². The molecule has 0 bridgehead atoms. The standard InChI is InChI=1S/C11H14O2/c1-9(13-10(2)12)8-11-6-4-3-5-7-11/h3-7,9H,8H2,1-2H3/t9-/m0/s1. The summed E-state index contributed by atoms with van der Waals surface area (Å²) in [5.41, 5.74) is 1.19. The number of carbonyl (C=O) groups excluding carboxylic acids is 1. The van der Waals surface area contributed by atoms with E-state index in [0.717, 1.165) is 6.42 Å². The Balaban J connectivity index is 2.45. The molecular weight excluding hydrogens is 164 g/mol. The largest absolute Gasteiger partial charge is 0.463 e. The Kier molecular flexibility index (Phi) is 3.50. The van der Waals surface area contributed by atoms with Crippen molar-refractivity contribution in [2.45, 2.75) is 26.4 Å². The van der Waals surface area contributed by atoms with Crippen LogP contribution in [0.5, 0.6) is 0 Å². The van der Waals surface area contributed by atoms with Gasteiger partial charge in [-0.2, -0.15) is 0 Å². The number of esters is 1. The van der Waals surface area contributed by atoms with Crippen molar-refractivity contribution in [2.24, 2.45) is 0 Å². The minimum atomic E-state index is -0.219. The lowest BCUT2D eigenvalue weighted by atomic mass is 10.1. The Hall–Kier alpha value is -1.31. The number of benzene rings is 1. The van der Waals surface area contributed by atoms with Gasteiger partial charge in [-0.15, -0.1) is 0 Å². The van der Waals surface area contributed by atoms with Gasteiger partial charge in [0.1, 0.15) is 6.10 Å². The number of carbonyl (C=O) groups is 1. The topological polar surface area (TPSA) is 26.3 Å². The quantitative estimate of drug-likeness (QED) is 0.663. The molecule has 0 radical (unpaired) electrons. The normalized spacial score (nSPS) is 12.2. The highest BCUT2D eigenvalue weighted by molar-refractivity contribution is 5.66. The van der Waals surface area contributed by atoms with Crippen LogP contribution in [0.2, 0.25) is 0 Å². The summed E-state index contributed by atoms with van der Waals surface area (Å²) in [6.45, 7) is 3.33. The molecule has 0 aliphatic rings. The van der Waals surface area contributed by atoms with Crippen LogP contribution in [0.1, 0.15) is 19.4 Å². The SMILES string of the molecule is CC(=O)O[C@@H](C)Cc1ccccc1. The predicted molar refractivity (Wildman–Crippen MR) is 51.4 cm³/mol. The van der Waals surface area contributed by atoms with Gasteiger partial charge in [-0.1, -0.05) is 30.3 Å². The summed E-state index contributed by atoms with van der Waals surface area (Å²) in [7, 11) is 0. The van der Waals surface area contributed by atoms with E-state index in [2.05, 4.69) is 0 Å². The maximum Gasteiger partial charge on any atom is 0.302 e. The molecule has 70 valence electrons. The molecular formula is C11H14O2. The van der Waals surface area contributed by atoms with Crippen LogP contribution in [0.25, 0.3) is 0 Å². The minimum Gasteiger partial charge on any atom is -0.463 e. The fraction of sp³-hybridized carbons (Fsp3) is 0.364. The molecule has 1 aromatic carbocycles. The first-order valence-corrected chi connectivity index (χ1v) is 4.39. The van der Waals surface area contributed by atoms with Gasteiger partial charge in [0.25, 0.3) is 0 Å². The molecule has 0 aliphatic heterocycles. The van der Waals surface area contributed by atoms with E-state index in [1.807, 2.05) is 37.3 Å². The van der Waals surface area contributed by atoms with E-state index < -0.39 is 0 Å². The molecule has 0 unspecified atom stereocenters. The molecule has 0 N–H and O–H groups in total. The van der Waals surface area contributed by atoms with Gasteiger partial charge in [-0.25, -0.2) is 0 Å².